The number of imidazole rings is 1. The minimum atomic E-state index is -1.01. The maximum absolute atomic E-state index is 10.9. The zero-order valence-corrected chi connectivity index (χ0v) is 9.14. The Hall–Kier alpha value is -2.10. The summed E-state index contributed by atoms with van der Waals surface area (Å²) in [5.41, 5.74) is 2.92. The van der Waals surface area contributed by atoms with Gasteiger partial charge >= 0.3 is 5.97 Å². The molecular formula is C12H12N2O2. The van der Waals surface area contributed by atoms with Gasteiger partial charge < -0.3 is 9.67 Å². The fourth-order valence-corrected chi connectivity index (χ4v) is 1.72. The van der Waals surface area contributed by atoms with E-state index >= 15 is 0 Å². The van der Waals surface area contributed by atoms with Crippen LogP contribution in [0.25, 0.3) is 11.3 Å². The molecule has 0 radical (unpaired) electrons. The van der Waals surface area contributed by atoms with E-state index in [0.717, 1.165) is 16.8 Å². The molecule has 4 nitrogen and oxygen atoms in total. The summed E-state index contributed by atoms with van der Waals surface area (Å²) < 4.78 is 1.59. The molecule has 0 aliphatic heterocycles. The van der Waals surface area contributed by atoms with E-state index in [9.17, 15) is 4.79 Å². The van der Waals surface area contributed by atoms with Gasteiger partial charge in [-0.2, -0.15) is 0 Å². The third kappa shape index (κ3) is 1.58. The smallest absolute Gasteiger partial charge is 0.372 e. The number of hydrogen-bond acceptors (Lipinski definition) is 2. The molecule has 4 heteroatoms. The number of aryl methyl sites for hydroxylation is 1. The van der Waals surface area contributed by atoms with Gasteiger partial charge in [-0.3, -0.25) is 0 Å². The molecule has 1 aromatic carbocycles. The summed E-state index contributed by atoms with van der Waals surface area (Å²) in [6.45, 7) is 1.99. The third-order valence-electron chi connectivity index (χ3n) is 2.60. The highest BCUT2D eigenvalue weighted by Gasteiger charge is 2.14. The Morgan fingerprint density at radius 1 is 1.38 bits per heavy atom. The van der Waals surface area contributed by atoms with Gasteiger partial charge in [0.05, 0.1) is 11.9 Å². The molecule has 0 aliphatic rings. The molecule has 0 saturated carbocycles. The van der Waals surface area contributed by atoms with Crippen molar-refractivity contribution in [3.63, 3.8) is 0 Å². The molecule has 16 heavy (non-hydrogen) atoms. The van der Waals surface area contributed by atoms with Crippen LogP contribution in [0.2, 0.25) is 0 Å². The Kier molecular flexibility index (Phi) is 2.48. The summed E-state index contributed by atoms with van der Waals surface area (Å²) in [6.07, 6.45) is 1.59. The molecule has 0 atom stereocenters. The Balaban J connectivity index is 2.58. The zero-order valence-electron chi connectivity index (χ0n) is 9.14. The summed E-state index contributed by atoms with van der Waals surface area (Å²) in [5.74, 6) is -0.958. The molecule has 0 saturated heterocycles. The van der Waals surface area contributed by atoms with Crippen LogP contribution in [-0.4, -0.2) is 20.6 Å². The second-order valence-corrected chi connectivity index (χ2v) is 3.65. The molecule has 0 unspecified atom stereocenters. The van der Waals surface area contributed by atoms with Gasteiger partial charge in [0, 0.05) is 12.6 Å². The molecule has 0 spiro atoms. The summed E-state index contributed by atoms with van der Waals surface area (Å²) >= 11 is 0. The first-order valence-corrected chi connectivity index (χ1v) is 4.92. The quantitative estimate of drug-likeness (QED) is 0.836. The first kappa shape index (κ1) is 10.4. The number of aromatic carboxylic acids is 1. The summed E-state index contributed by atoms with van der Waals surface area (Å²) in [6, 6.07) is 7.82. The first-order valence-electron chi connectivity index (χ1n) is 4.92. The standard InChI is InChI=1S/C12H12N2O2/c1-8-5-3-4-6-9(8)10-7-13-11(12(15)16)14(10)2/h3-7H,1-2H3,(H,15,16). The Morgan fingerprint density at radius 2 is 2.06 bits per heavy atom. The summed E-state index contributed by atoms with van der Waals surface area (Å²) in [4.78, 5) is 14.8. The second-order valence-electron chi connectivity index (χ2n) is 3.65. The van der Waals surface area contributed by atoms with E-state index in [2.05, 4.69) is 4.98 Å². The number of benzene rings is 1. The van der Waals surface area contributed by atoms with E-state index in [1.54, 1.807) is 17.8 Å². The van der Waals surface area contributed by atoms with Crippen molar-refractivity contribution in [3.05, 3.63) is 41.9 Å². The molecule has 1 N–H and O–H groups in total. The molecule has 0 aliphatic carbocycles. The van der Waals surface area contributed by atoms with Crippen LogP contribution < -0.4 is 0 Å². The van der Waals surface area contributed by atoms with E-state index in [1.807, 2.05) is 31.2 Å². The number of hydrogen-bond donors (Lipinski definition) is 1. The summed E-state index contributed by atoms with van der Waals surface area (Å²) in [5, 5.41) is 8.91. The molecule has 82 valence electrons. The Morgan fingerprint density at radius 3 is 2.62 bits per heavy atom. The van der Waals surface area contributed by atoms with Crippen molar-refractivity contribution in [3.8, 4) is 11.3 Å². The van der Waals surface area contributed by atoms with Crippen molar-refractivity contribution < 1.29 is 9.90 Å². The van der Waals surface area contributed by atoms with Crippen molar-refractivity contribution in [2.45, 2.75) is 6.92 Å². The zero-order chi connectivity index (χ0) is 11.7. The maximum Gasteiger partial charge on any atom is 0.372 e. The molecule has 1 heterocycles. The van der Waals surface area contributed by atoms with Gasteiger partial charge in [0.1, 0.15) is 0 Å². The monoisotopic (exact) mass is 216 g/mol. The highest BCUT2D eigenvalue weighted by atomic mass is 16.4. The fraction of sp³-hybridized carbons (Fsp3) is 0.167. The van der Waals surface area contributed by atoms with Crippen LogP contribution in [0.4, 0.5) is 0 Å². The lowest BCUT2D eigenvalue weighted by molar-refractivity contribution is 0.0680. The van der Waals surface area contributed by atoms with E-state index in [4.69, 9.17) is 5.11 Å². The van der Waals surface area contributed by atoms with Crippen LogP contribution in [0.5, 0.6) is 0 Å². The number of rotatable bonds is 2. The van der Waals surface area contributed by atoms with Crippen molar-refractivity contribution in [1.82, 2.24) is 9.55 Å². The van der Waals surface area contributed by atoms with Crippen molar-refractivity contribution in [2.75, 3.05) is 0 Å². The van der Waals surface area contributed by atoms with Crippen molar-refractivity contribution >= 4 is 5.97 Å². The highest BCUT2D eigenvalue weighted by Crippen LogP contribution is 2.23. The Labute approximate surface area is 93.2 Å². The number of carboxylic acids is 1. The highest BCUT2D eigenvalue weighted by molar-refractivity contribution is 5.85. The lowest BCUT2D eigenvalue weighted by Gasteiger charge is -2.06. The predicted octanol–water partition coefficient (Wildman–Crippen LogP) is 2.09. The average molecular weight is 216 g/mol. The second kappa shape index (κ2) is 3.81. The first-order chi connectivity index (χ1) is 7.61. The van der Waals surface area contributed by atoms with Gasteiger partial charge in [-0.25, -0.2) is 9.78 Å². The van der Waals surface area contributed by atoms with Gasteiger partial charge in [-0.15, -0.1) is 0 Å². The van der Waals surface area contributed by atoms with E-state index in [0.29, 0.717) is 0 Å². The lowest BCUT2D eigenvalue weighted by atomic mass is 10.1. The molecular weight excluding hydrogens is 204 g/mol. The van der Waals surface area contributed by atoms with Crippen LogP contribution >= 0.6 is 0 Å². The van der Waals surface area contributed by atoms with Crippen LogP contribution in [0.1, 0.15) is 16.2 Å². The van der Waals surface area contributed by atoms with E-state index < -0.39 is 5.97 Å². The number of aromatic nitrogens is 2. The largest absolute Gasteiger partial charge is 0.475 e. The van der Waals surface area contributed by atoms with Gasteiger partial charge in [0.25, 0.3) is 0 Å². The van der Waals surface area contributed by atoms with Gasteiger partial charge in [-0.1, -0.05) is 24.3 Å². The van der Waals surface area contributed by atoms with Crippen molar-refractivity contribution in [1.29, 1.82) is 0 Å². The minimum absolute atomic E-state index is 0.0539. The van der Waals surface area contributed by atoms with Crippen LogP contribution in [0, 0.1) is 6.92 Å². The molecule has 1 aromatic heterocycles. The molecule has 0 bridgehead atoms. The van der Waals surface area contributed by atoms with E-state index in [-0.39, 0.29) is 5.82 Å². The topological polar surface area (TPSA) is 55.1 Å². The fourth-order valence-electron chi connectivity index (χ4n) is 1.72. The molecule has 0 amide bonds. The summed E-state index contributed by atoms with van der Waals surface area (Å²) in [7, 11) is 1.71. The Bertz CT molecular complexity index is 544. The van der Waals surface area contributed by atoms with Crippen LogP contribution in [-0.2, 0) is 7.05 Å². The number of carbonyl (C=O) groups is 1. The lowest BCUT2D eigenvalue weighted by Crippen LogP contribution is -2.06. The molecule has 0 fully saturated rings. The molecule has 2 rings (SSSR count). The van der Waals surface area contributed by atoms with Crippen LogP contribution in [0.3, 0.4) is 0 Å². The van der Waals surface area contributed by atoms with Gasteiger partial charge in [0.2, 0.25) is 5.82 Å². The predicted molar refractivity (Wildman–Crippen MR) is 60.3 cm³/mol. The van der Waals surface area contributed by atoms with Crippen LogP contribution in [0.15, 0.2) is 30.5 Å². The van der Waals surface area contributed by atoms with Crippen molar-refractivity contribution in [2.24, 2.45) is 7.05 Å². The minimum Gasteiger partial charge on any atom is -0.475 e. The maximum atomic E-state index is 10.9. The third-order valence-corrected chi connectivity index (χ3v) is 2.60. The SMILES string of the molecule is Cc1ccccc1-c1cnc(C(=O)O)n1C. The van der Waals surface area contributed by atoms with Gasteiger partial charge in [0.15, 0.2) is 0 Å². The van der Waals surface area contributed by atoms with Gasteiger partial charge in [-0.05, 0) is 12.5 Å². The normalized spacial score (nSPS) is 10.4. The average Bonchev–Trinajstić information content (AvgIpc) is 2.61. The molecule has 2 aromatic rings. The number of nitrogens with zero attached hydrogens (tertiary/aromatic N) is 2. The van der Waals surface area contributed by atoms with E-state index in [1.165, 1.54) is 0 Å². The number of carboxylic acid groups (broad SMARTS) is 1.